The quantitative estimate of drug-likeness (QED) is 0.0548. The first-order valence-corrected chi connectivity index (χ1v) is 30.1. The lowest BCUT2D eigenvalue weighted by Gasteiger charge is -2.43. The van der Waals surface area contributed by atoms with E-state index in [2.05, 4.69) is 21.9 Å². The average Bonchev–Trinajstić information content (AvgIpc) is 0.985. The molecule has 0 spiro atoms. The summed E-state index contributed by atoms with van der Waals surface area (Å²) < 4.78 is 56.7. The molecule has 0 aliphatic carbocycles. The van der Waals surface area contributed by atoms with Gasteiger partial charge >= 0.3 is 30.0 Å². The molecule has 90 heavy (non-hydrogen) atoms. The predicted molar refractivity (Wildman–Crippen MR) is 324 cm³/mol. The van der Waals surface area contributed by atoms with Crippen molar-refractivity contribution in [1.82, 2.24) is 30.7 Å². The Bertz CT molecular complexity index is 2830. The molecule has 2 aliphatic heterocycles. The highest BCUT2D eigenvalue weighted by Crippen LogP contribution is 2.35. The largest absolute Gasteiger partial charge is 0.480 e. The van der Waals surface area contributed by atoms with E-state index in [4.69, 9.17) is 53.8 Å². The fraction of sp³-hybridized carbons (Fsp3) is 0.625. The van der Waals surface area contributed by atoms with Crippen molar-refractivity contribution in [3.63, 3.8) is 0 Å². The number of amides is 6. The Hall–Kier alpha value is -8.02. The molecule has 3 N–H and O–H groups in total. The molecule has 2 aromatic carbocycles. The summed E-state index contributed by atoms with van der Waals surface area (Å²) in [4.78, 5) is 139. The number of methoxy groups -OCH3 is 3. The molecule has 2 fully saturated rings. The maximum absolute atomic E-state index is 14.9. The van der Waals surface area contributed by atoms with Gasteiger partial charge in [-0.3, -0.25) is 43.3 Å². The highest BCUT2D eigenvalue weighted by Gasteiger charge is 2.56. The Morgan fingerprint density at radius 1 is 0.778 bits per heavy atom. The van der Waals surface area contributed by atoms with Crippen LogP contribution in [0.3, 0.4) is 0 Å². The minimum atomic E-state index is -1.74. The number of ether oxygens (including phenoxy) is 10. The Morgan fingerprint density at radius 3 is 1.97 bits per heavy atom. The molecular formula is C64H92N6O20. The van der Waals surface area contributed by atoms with Crippen molar-refractivity contribution in [2.24, 2.45) is 23.7 Å². The number of nitrogens with one attached hydrogen (secondary N) is 3. The summed E-state index contributed by atoms with van der Waals surface area (Å²) >= 11 is 0. The van der Waals surface area contributed by atoms with E-state index >= 15 is 0 Å². The van der Waals surface area contributed by atoms with Crippen LogP contribution in [0.15, 0.2) is 48.5 Å². The van der Waals surface area contributed by atoms with Crippen molar-refractivity contribution in [1.29, 1.82) is 0 Å². The lowest BCUT2D eigenvalue weighted by molar-refractivity contribution is -0.282. The van der Waals surface area contributed by atoms with Crippen molar-refractivity contribution in [2.75, 3.05) is 55.6 Å². The molecule has 4 rings (SSSR count). The van der Waals surface area contributed by atoms with E-state index in [9.17, 15) is 47.9 Å². The number of hydrogen-bond acceptors (Lipinski definition) is 20. The Labute approximate surface area is 527 Å². The number of likely N-dealkylation sites (N-methyl/N-ethyl adjacent to an activating group) is 3. The molecule has 2 heterocycles. The zero-order chi connectivity index (χ0) is 67.3. The number of hydrogen-bond donors (Lipinski definition) is 3. The van der Waals surface area contributed by atoms with Gasteiger partial charge in [0, 0.05) is 80.7 Å². The number of benzene rings is 2. The summed E-state index contributed by atoms with van der Waals surface area (Å²) in [6.45, 7) is 15.4. The second-order valence-electron chi connectivity index (χ2n) is 23.1. The van der Waals surface area contributed by atoms with Gasteiger partial charge in [0.2, 0.25) is 41.9 Å². The minimum absolute atomic E-state index is 0.0383. The first-order valence-electron chi connectivity index (χ1n) is 30.1. The van der Waals surface area contributed by atoms with Crippen molar-refractivity contribution in [3.05, 3.63) is 59.7 Å². The van der Waals surface area contributed by atoms with Crippen LogP contribution in [0.25, 0.3) is 0 Å². The molecule has 498 valence electrons. The van der Waals surface area contributed by atoms with Gasteiger partial charge < -0.3 is 73.1 Å². The SMILES string of the molecule is C#CCOc1cc(O[C@@H]2O[C@H](C(=O)OC)[C@@H](OC(C)=O)C(OC(C)=O)[C@H]2OC(C)=O)ccc1COC(=O)N(C)[C@H](C(=O)N[C@H](C(=O)N(C)[C@@H](C(C)CC)[C@@H](CC(=O)N1CCC[C@H]1[C@H](OC)[C@@H](C)C(=O)NC(Cc1ccccc1)C(=O)NC)OC)C(C)C)C(C)C. The van der Waals surface area contributed by atoms with Crippen LogP contribution in [0.1, 0.15) is 106 Å². The normalized spacial score (nSPS) is 20.6. The van der Waals surface area contributed by atoms with E-state index < -0.39 is 145 Å². The van der Waals surface area contributed by atoms with Gasteiger partial charge in [-0.1, -0.05) is 91.1 Å². The second kappa shape index (κ2) is 35.4. The summed E-state index contributed by atoms with van der Waals surface area (Å²) in [6, 6.07) is 9.20. The van der Waals surface area contributed by atoms with Gasteiger partial charge in [0.25, 0.3) is 0 Å². The number of rotatable bonds is 31. The van der Waals surface area contributed by atoms with Gasteiger partial charge in [-0.2, -0.15) is 0 Å². The molecule has 0 radical (unpaired) electrons. The summed E-state index contributed by atoms with van der Waals surface area (Å²) in [7, 11) is 8.50. The van der Waals surface area contributed by atoms with Crippen molar-refractivity contribution >= 4 is 59.5 Å². The summed E-state index contributed by atoms with van der Waals surface area (Å²) in [5.41, 5.74) is 1.12. The van der Waals surface area contributed by atoms with Crippen molar-refractivity contribution in [2.45, 2.75) is 181 Å². The third-order valence-corrected chi connectivity index (χ3v) is 16.0. The molecule has 2 aliphatic rings. The van der Waals surface area contributed by atoms with Crippen LogP contribution in [0, 0.1) is 36.0 Å². The Kier molecular flexibility index (Phi) is 29.3. The number of terminal acetylenes is 1. The van der Waals surface area contributed by atoms with Crippen LogP contribution >= 0.6 is 0 Å². The van der Waals surface area contributed by atoms with Crippen molar-refractivity contribution < 1.29 is 95.3 Å². The number of carbonyl (C=O) groups excluding carboxylic acids is 10. The molecule has 3 unspecified atom stereocenters. The molecule has 26 heteroatoms. The second-order valence-corrected chi connectivity index (χ2v) is 23.1. The zero-order valence-corrected chi connectivity index (χ0v) is 54.6. The Morgan fingerprint density at radius 2 is 1.41 bits per heavy atom. The van der Waals surface area contributed by atoms with Crippen LogP contribution in [-0.2, 0) is 94.1 Å². The first-order chi connectivity index (χ1) is 42.6. The van der Waals surface area contributed by atoms with Gasteiger partial charge in [-0.25, -0.2) is 9.59 Å². The molecule has 0 saturated carbocycles. The molecule has 26 nitrogen and oxygen atoms in total. The lowest BCUT2D eigenvalue weighted by atomic mass is 9.89. The topological polar surface area (TPSA) is 309 Å². The van der Waals surface area contributed by atoms with E-state index in [1.54, 1.807) is 46.6 Å². The number of nitrogens with zero attached hydrogens (tertiary/aromatic N) is 3. The Balaban J connectivity index is 1.52. The van der Waals surface area contributed by atoms with Crippen LogP contribution in [0.2, 0.25) is 0 Å². The van der Waals surface area contributed by atoms with Gasteiger partial charge in [0.15, 0.2) is 18.3 Å². The molecule has 6 amide bonds. The molecular weight excluding hydrogens is 1170 g/mol. The maximum Gasteiger partial charge on any atom is 0.410 e. The third-order valence-electron chi connectivity index (χ3n) is 16.0. The lowest BCUT2D eigenvalue weighted by Crippen LogP contribution is -2.64. The van der Waals surface area contributed by atoms with E-state index in [1.807, 2.05) is 44.2 Å². The van der Waals surface area contributed by atoms with E-state index in [1.165, 1.54) is 51.4 Å². The third kappa shape index (κ3) is 20.0. The number of carbonyl (C=O) groups is 10. The standard InChI is InChI=1S/C64H92N6O20/c1-18-30-84-47-32-44(89-63-57(88-41(11)73)55(87-40(10)72)54(86-39(9)71)56(90-63)62(79)83-17)28-27-43(47)34-85-64(80)69(14)51(36(5)6)60(77)67-50(35(3)4)61(78)68(13)52(37(7)19-2)48(81-15)33-49(74)70-29-23-26-46(70)53(82-16)38(8)58(75)66-45(59(76)65-12)31-42-24-21-20-22-25-42/h1,20-22,24-25,27-28,32,35-38,45-46,48,50-57,63H,19,23,26,29-31,33-34H2,2-17H3,(H,65,76)(H,66,75)(H,67,77)/t37?,38-,45?,46+,48-,50+,51+,52+,53-,54+,55?,56+,57-,63-/m1/s1. The van der Waals surface area contributed by atoms with Crippen LogP contribution < -0.4 is 25.4 Å². The summed E-state index contributed by atoms with van der Waals surface area (Å²) in [5.74, 6) is -5.46. The monoisotopic (exact) mass is 1260 g/mol. The highest BCUT2D eigenvalue weighted by molar-refractivity contribution is 5.92. The van der Waals surface area contributed by atoms with Gasteiger partial charge in [-0.05, 0) is 48.3 Å². The van der Waals surface area contributed by atoms with Gasteiger partial charge in [0.05, 0.1) is 43.7 Å². The predicted octanol–water partition coefficient (Wildman–Crippen LogP) is 3.90. The molecule has 2 aromatic rings. The molecule has 2 saturated heterocycles. The van der Waals surface area contributed by atoms with E-state index in [0.29, 0.717) is 25.8 Å². The molecule has 14 atom stereocenters. The maximum atomic E-state index is 14.9. The molecule has 0 bridgehead atoms. The summed E-state index contributed by atoms with van der Waals surface area (Å²) in [6.07, 6.45) is -3.35. The average molecular weight is 1270 g/mol. The van der Waals surface area contributed by atoms with Crippen LogP contribution in [0.4, 0.5) is 4.79 Å². The van der Waals surface area contributed by atoms with Gasteiger partial charge in [-0.15, -0.1) is 6.42 Å². The first kappa shape index (κ1) is 74.4. The number of likely N-dealkylation sites (tertiary alicyclic amines) is 1. The van der Waals surface area contributed by atoms with Gasteiger partial charge in [0.1, 0.15) is 42.8 Å². The zero-order valence-electron chi connectivity index (χ0n) is 54.6. The highest BCUT2D eigenvalue weighted by atomic mass is 16.7. The minimum Gasteiger partial charge on any atom is -0.480 e. The van der Waals surface area contributed by atoms with Crippen LogP contribution in [0.5, 0.6) is 11.5 Å². The van der Waals surface area contributed by atoms with Crippen molar-refractivity contribution in [3.8, 4) is 23.8 Å². The van der Waals surface area contributed by atoms with E-state index in [-0.39, 0.29) is 54.2 Å². The number of esters is 4. The van der Waals surface area contributed by atoms with Crippen LogP contribution in [-0.4, -0.2) is 203 Å². The smallest absolute Gasteiger partial charge is 0.410 e. The van der Waals surface area contributed by atoms with E-state index in [0.717, 1.165) is 38.3 Å². The fourth-order valence-electron chi connectivity index (χ4n) is 11.4. The summed E-state index contributed by atoms with van der Waals surface area (Å²) in [5, 5.41) is 8.45. The fourth-order valence-corrected chi connectivity index (χ4v) is 11.4. The molecule has 0 aromatic heterocycles.